The Kier molecular flexibility index (Phi) is 5.60. The first-order valence-corrected chi connectivity index (χ1v) is 9.04. The Morgan fingerprint density at radius 1 is 1.15 bits per heavy atom. The summed E-state index contributed by atoms with van der Waals surface area (Å²) in [5.74, 6) is 1.04. The molecule has 1 aromatic heterocycles. The Labute approximate surface area is 158 Å². The zero-order valence-corrected chi connectivity index (χ0v) is 15.8. The van der Waals surface area contributed by atoms with Crippen molar-refractivity contribution in [3.05, 3.63) is 64.4 Å². The van der Waals surface area contributed by atoms with Crippen molar-refractivity contribution in [2.24, 2.45) is 10.9 Å². The van der Waals surface area contributed by atoms with Crippen LogP contribution < -0.4 is 10.3 Å². The average molecular weight is 364 g/mol. The summed E-state index contributed by atoms with van der Waals surface area (Å²) in [6.07, 6.45) is 2.63. The van der Waals surface area contributed by atoms with Crippen LogP contribution in [0.2, 0.25) is 0 Å². The maximum absolute atomic E-state index is 13.0. The lowest BCUT2D eigenvalue weighted by Crippen LogP contribution is -2.20. The number of nitrogens with zero attached hydrogens (tertiary/aromatic N) is 2. The van der Waals surface area contributed by atoms with E-state index in [9.17, 15) is 9.90 Å². The fraction of sp³-hybridized carbons (Fsp3) is 0.273. The Hall–Kier alpha value is -3.08. The molecule has 0 aliphatic heterocycles. The van der Waals surface area contributed by atoms with Gasteiger partial charge in [-0.25, -0.2) is 4.57 Å². The zero-order valence-electron chi connectivity index (χ0n) is 15.8. The second-order valence-corrected chi connectivity index (χ2v) is 6.84. The molecule has 3 aromatic rings. The van der Waals surface area contributed by atoms with Crippen LogP contribution >= 0.6 is 0 Å². The summed E-state index contributed by atoms with van der Waals surface area (Å²) in [6, 6.07) is 14.3. The number of methoxy groups -OCH3 is 1. The van der Waals surface area contributed by atoms with Gasteiger partial charge in [0.1, 0.15) is 5.75 Å². The van der Waals surface area contributed by atoms with Gasteiger partial charge in [0, 0.05) is 29.6 Å². The van der Waals surface area contributed by atoms with Gasteiger partial charge in [-0.2, -0.15) is 0 Å². The third kappa shape index (κ3) is 3.87. The number of pyridine rings is 1. The molecular weight excluding hydrogens is 340 g/mol. The van der Waals surface area contributed by atoms with E-state index in [1.54, 1.807) is 43.7 Å². The summed E-state index contributed by atoms with van der Waals surface area (Å²) in [4.78, 5) is 17.5. The van der Waals surface area contributed by atoms with Crippen LogP contribution in [0.3, 0.4) is 0 Å². The first kappa shape index (κ1) is 18.7. The van der Waals surface area contributed by atoms with Gasteiger partial charge in [-0.1, -0.05) is 38.1 Å². The molecule has 0 radical (unpaired) electrons. The summed E-state index contributed by atoms with van der Waals surface area (Å²) in [5, 5.41) is 12.1. The molecule has 0 bridgehead atoms. The van der Waals surface area contributed by atoms with E-state index >= 15 is 0 Å². The van der Waals surface area contributed by atoms with Crippen LogP contribution in [0.25, 0.3) is 16.5 Å². The van der Waals surface area contributed by atoms with Crippen LogP contribution in [-0.2, 0) is 0 Å². The molecule has 5 nitrogen and oxygen atoms in total. The molecule has 0 amide bonds. The number of ether oxygens (including phenoxy) is 1. The van der Waals surface area contributed by atoms with E-state index in [-0.39, 0.29) is 11.4 Å². The third-order valence-corrected chi connectivity index (χ3v) is 4.47. The molecule has 0 spiro atoms. The predicted molar refractivity (Wildman–Crippen MR) is 110 cm³/mol. The molecule has 5 heteroatoms. The molecular formula is C22H24N2O3. The van der Waals surface area contributed by atoms with E-state index in [4.69, 9.17) is 4.74 Å². The third-order valence-electron chi connectivity index (χ3n) is 4.47. The highest BCUT2D eigenvalue weighted by atomic mass is 16.5. The van der Waals surface area contributed by atoms with Crippen molar-refractivity contribution in [2.45, 2.75) is 20.3 Å². The van der Waals surface area contributed by atoms with Crippen LogP contribution in [0.1, 0.15) is 25.8 Å². The van der Waals surface area contributed by atoms with E-state index in [0.717, 1.165) is 6.42 Å². The minimum Gasteiger partial charge on any atom is -0.497 e. The van der Waals surface area contributed by atoms with Crippen molar-refractivity contribution in [2.75, 3.05) is 13.7 Å². The predicted octanol–water partition coefficient (Wildman–Crippen LogP) is 4.17. The van der Waals surface area contributed by atoms with Crippen LogP contribution in [0, 0.1) is 5.92 Å². The smallest absolute Gasteiger partial charge is 0.265 e. The molecule has 140 valence electrons. The molecule has 27 heavy (non-hydrogen) atoms. The molecule has 0 unspecified atom stereocenters. The number of hydrogen-bond donors (Lipinski definition) is 1. The number of fused-ring (bicyclic) bond motifs is 1. The molecule has 2 aromatic carbocycles. The lowest BCUT2D eigenvalue weighted by atomic mass is 10.1. The van der Waals surface area contributed by atoms with E-state index in [2.05, 4.69) is 18.8 Å². The average Bonchev–Trinajstić information content (AvgIpc) is 2.67. The van der Waals surface area contributed by atoms with Crippen LogP contribution in [0.15, 0.2) is 58.3 Å². The lowest BCUT2D eigenvalue weighted by Gasteiger charge is -2.14. The molecule has 0 fully saturated rings. The second-order valence-electron chi connectivity index (χ2n) is 6.84. The van der Waals surface area contributed by atoms with Gasteiger partial charge in [-0.3, -0.25) is 9.79 Å². The van der Waals surface area contributed by atoms with Gasteiger partial charge in [0.2, 0.25) is 5.88 Å². The highest BCUT2D eigenvalue weighted by Crippen LogP contribution is 2.27. The summed E-state index contributed by atoms with van der Waals surface area (Å²) in [7, 11) is 1.56. The van der Waals surface area contributed by atoms with Gasteiger partial charge in [0.05, 0.1) is 18.4 Å². The fourth-order valence-electron chi connectivity index (χ4n) is 2.97. The van der Waals surface area contributed by atoms with Crippen molar-refractivity contribution >= 4 is 17.0 Å². The first-order chi connectivity index (χ1) is 13.0. The maximum Gasteiger partial charge on any atom is 0.265 e. The van der Waals surface area contributed by atoms with Gasteiger partial charge < -0.3 is 9.84 Å². The Morgan fingerprint density at radius 2 is 1.89 bits per heavy atom. The molecule has 0 atom stereocenters. The molecule has 0 aliphatic rings. The van der Waals surface area contributed by atoms with Crippen LogP contribution in [0.4, 0.5) is 0 Å². The van der Waals surface area contributed by atoms with Crippen LogP contribution in [-0.4, -0.2) is 29.5 Å². The minimum atomic E-state index is -0.282. The molecule has 3 rings (SSSR count). The monoisotopic (exact) mass is 364 g/mol. The van der Waals surface area contributed by atoms with Gasteiger partial charge >= 0.3 is 0 Å². The topological polar surface area (TPSA) is 63.8 Å². The summed E-state index contributed by atoms with van der Waals surface area (Å²) >= 11 is 0. The molecule has 1 N–H and O–H groups in total. The van der Waals surface area contributed by atoms with E-state index in [0.29, 0.717) is 40.2 Å². The quantitative estimate of drug-likeness (QED) is 0.668. The number of hydrogen-bond acceptors (Lipinski definition) is 4. The largest absolute Gasteiger partial charge is 0.497 e. The van der Waals surface area contributed by atoms with E-state index in [1.165, 1.54) is 4.57 Å². The van der Waals surface area contributed by atoms with Crippen molar-refractivity contribution < 1.29 is 9.84 Å². The summed E-state index contributed by atoms with van der Waals surface area (Å²) in [6.45, 7) is 4.96. The van der Waals surface area contributed by atoms with Gasteiger partial charge in [0.15, 0.2) is 0 Å². The summed E-state index contributed by atoms with van der Waals surface area (Å²) < 4.78 is 6.55. The second kappa shape index (κ2) is 8.08. The summed E-state index contributed by atoms with van der Waals surface area (Å²) in [5.41, 5.74) is 0.798. The van der Waals surface area contributed by atoms with Gasteiger partial charge in [-0.05, 0) is 30.5 Å². The van der Waals surface area contributed by atoms with Crippen molar-refractivity contribution in [3.8, 4) is 17.3 Å². The number of aliphatic imine (C=N–C) groups is 1. The number of rotatable bonds is 6. The van der Waals surface area contributed by atoms with Gasteiger partial charge in [-0.15, -0.1) is 0 Å². The van der Waals surface area contributed by atoms with E-state index in [1.807, 2.05) is 18.2 Å². The normalized spacial score (nSPS) is 11.6. The number of aromatic nitrogens is 1. The van der Waals surface area contributed by atoms with Crippen molar-refractivity contribution in [1.29, 1.82) is 0 Å². The minimum absolute atomic E-state index is 0.125. The highest BCUT2D eigenvalue weighted by Gasteiger charge is 2.16. The number of aromatic hydroxyl groups is 1. The Bertz CT molecular complexity index is 1040. The highest BCUT2D eigenvalue weighted by molar-refractivity contribution is 6.01. The van der Waals surface area contributed by atoms with E-state index < -0.39 is 0 Å². The molecule has 1 heterocycles. The SMILES string of the molecule is COc1cccc(-n2c(O)c(C=NCCC(C)C)c3ccccc3c2=O)c1. The zero-order chi connectivity index (χ0) is 19.4. The van der Waals surface area contributed by atoms with Crippen LogP contribution in [0.5, 0.6) is 11.6 Å². The van der Waals surface area contributed by atoms with Crippen molar-refractivity contribution in [3.63, 3.8) is 0 Å². The number of benzene rings is 2. The van der Waals surface area contributed by atoms with Gasteiger partial charge in [0.25, 0.3) is 5.56 Å². The first-order valence-electron chi connectivity index (χ1n) is 9.04. The fourth-order valence-corrected chi connectivity index (χ4v) is 2.97. The van der Waals surface area contributed by atoms with Crippen molar-refractivity contribution in [1.82, 2.24) is 4.57 Å². The standard InChI is InChI=1S/C22H24N2O3/c1-15(2)11-12-23-14-20-18-9-4-5-10-19(18)21(25)24(22(20)26)16-7-6-8-17(13-16)27-3/h4-10,13-15,26H,11-12H2,1-3H3. The Morgan fingerprint density at radius 3 is 2.59 bits per heavy atom. The Balaban J connectivity index is 2.21. The maximum atomic E-state index is 13.0. The molecule has 0 aliphatic carbocycles. The molecule has 0 saturated heterocycles. The lowest BCUT2D eigenvalue weighted by molar-refractivity contribution is 0.413. The molecule has 0 saturated carbocycles.